The molecule has 19 heteroatoms. The minimum atomic E-state index is -4.94. The quantitative estimate of drug-likeness (QED) is 0.0222. The van der Waals surface area contributed by atoms with E-state index in [0.717, 1.165) is 103 Å². The van der Waals surface area contributed by atoms with Gasteiger partial charge in [0, 0.05) is 25.7 Å². The zero-order chi connectivity index (χ0) is 59.8. The molecule has 81 heavy (non-hydrogen) atoms. The van der Waals surface area contributed by atoms with Crippen LogP contribution in [0, 0.1) is 0 Å². The number of hydrogen-bond donors (Lipinski definition) is 3. The molecule has 0 saturated heterocycles. The van der Waals surface area contributed by atoms with Crippen LogP contribution in [0.1, 0.15) is 317 Å². The van der Waals surface area contributed by atoms with Crippen molar-refractivity contribution in [2.24, 2.45) is 0 Å². The van der Waals surface area contributed by atoms with Gasteiger partial charge >= 0.3 is 39.5 Å². The van der Waals surface area contributed by atoms with Gasteiger partial charge in [-0.2, -0.15) is 0 Å². The molecule has 0 bridgehead atoms. The fraction of sp³-hybridized carbons (Fsp3) is 0.935. The number of aliphatic hydroxyl groups excluding tert-OH is 1. The summed E-state index contributed by atoms with van der Waals surface area (Å²) in [5.41, 5.74) is 0. The Labute approximate surface area is 492 Å². The Morgan fingerprint density at radius 3 is 0.728 bits per heavy atom. The van der Waals surface area contributed by atoms with Crippen LogP contribution in [0.2, 0.25) is 0 Å². The molecule has 0 aromatic heterocycles. The van der Waals surface area contributed by atoms with Crippen molar-refractivity contribution in [1.29, 1.82) is 0 Å². The van der Waals surface area contributed by atoms with E-state index in [4.69, 9.17) is 37.0 Å². The normalized spacial score (nSPS) is 14.2. The molecular formula is C62H120O17P2. The van der Waals surface area contributed by atoms with Gasteiger partial charge in [-0.1, -0.05) is 265 Å². The van der Waals surface area contributed by atoms with E-state index >= 15 is 0 Å². The van der Waals surface area contributed by atoms with Crippen LogP contribution in [0.25, 0.3) is 0 Å². The summed E-state index contributed by atoms with van der Waals surface area (Å²) in [6.45, 7) is 4.77. The van der Waals surface area contributed by atoms with Crippen LogP contribution >= 0.6 is 15.6 Å². The van der Waals surface area contributed by atoms with Gasteiger partial charge in [0.05, 0.1) is 26.4 Å². The Hall–Kier alpha value is -1.94. The lowest BCUT2D eigenvalue weighted by Gasteiger charge is -2.21. The summed E-state index contributed by atoms with van der Waals surface area (Å²) in [6.07, 6.45) is 42.1. The summed E-state index contributed by atoms with van der Waals surface area (Å²) in [7, 11) is -9.87. The number of ether oxygens (including phenoxy) is 4. The second-order valence-corrected chi connectivity index (χ2v) is 25.4. The van der Waals surface area contributed by atoms with Crippen LogP contribution in [0.15, 0.2) is 0 Å². The van der Waals surface area contributed by atoms with E-state index in [2.05, 4.69) is 27.7 Å². The lowest BCUT2D eigenvalue weighted by Crippen LogP contribution is -2.30. The summed E-state index contributed by atoms with van der Waals surface area (Å²) in [5, 5.41) is 10.5. The lowest BCUT2D eigenvalue weighted by atomic mass is 10.0. The number of hydrogen-bond acceptors (Lipinski definition) is 15. The first-order chi connectivity index (χ1) is 39.2. The van der Waals surface area contributed by atoms with Gasteiger partial charge < -0.3 is 33.8 Å². The number of rotatable bonds is 63. The Bertz CT molecular complexity index is 1570. The smallest absolute Gasteiger partial charge is 0.462 e. The number of phosphoric acid groups is 2. The molecule has 0 saturated carbocycles. The predicted octanol–water partition coefficient (Wildman–Crippen LogP) is 17.2. The largest absolute Gasteiger partial charge is 0.472 e. The third-order valence-corrected chi connectivity index (χ3v) is 16.3. The van der Waals surface area contributed by atoms with Crippen molar-refractivity contribution in [3.8, 4) is 0 Å². The van der Waals surface area contributed by atoms with Crippen molar-refractivity contribution in [2.45, 2.75) is 335 Å². The molecule has 17 nitrogen and oxygen atoms in total. The fourth-order valence-electron chi connectivity index (χ4n) is 9.28. The fourth-order valence-corrected chi connectivity index (χ4v) is 10.9. The highest BCUT2D eigenvalue weighted by molar-refractivity contribution is 7.47. The number of aliphatic hydroxyl groups is 1. The molecule has 3 N–H and O–H groups in total. The van der Waals surface area contributed by atoms with E-state index in [-0.39, 0.29) is 25.7 Å². The number of carbonyl (C=O) groups is 4. The van der Waals surface area contributed by atoms with Crippen LogP contribution in [-0.4, -0.2) is 96.7 Å². The lowest BCUT2D eigenvalue weighted by molar-refractivity contribution is -0.161. The van der Waals surface area contributed by atoms with Crippen molar-refractivity contribution in [3.05, 3.63) is 0 Å². The van der Waals surface area contributed by atoms with E-state index < -0.39 is 97.5 Å². The Kier molecular flexibility index (Phi) is 55.8. The maximum absolute atomic E-state index is 13.0. The van der Waals surface area contributed by atoms with Crippen LogP contribution in [0.4, 0.5) is 0 Å². The van der Waals surface area contributed by atoms with Gasteiger partial charge in [-0.25, -0.2) is 9.13 Å². The van der Waals surface area contributed by atoms with Gasteiger partial charge in [-0.3, -0.25) is 37.3 Å². The van der Waals surface area contributed by atoms with Crippen molar-refractivity contribution >= 4 is 39.5 Å². The molecule has 5 atom stereocenters. The van der Waals surface area contributed by atoms with E-state index in [9.17, 15) is 43.2 Å². The molecule has 0 radical (unpaired) electrons. The monoisotopic (exact) mass is 1200 g/mol. The Balaban J connectivity index is 5.13. The zero-order valence-corrected chi connectivity index (χ0v) is 53.5. The van der Waals surface area contributed by atoms with Gasteiger partial charge in [0.25, 0.3) is 0 Å². The van der Waals surface area contributed by atoms with Crippen LogP contribution in [0.5, 0.6) is 0 Å². The average molecular weight is 1200 g/mol. The average Bonchev–Trinajstić information content (AvgIpc) is 3.45. The SMILES string of the molecule is CCCCCCCCCCCCCCCCCCCC(=O)O[C@H](COC(=O)CCCCCCCCCCCCC)COP(=O)(O)OC[C@@H](O)COP(=O)(O)OC[C@@H](COC(=O)CCCCCCC)OC(=O)CCCCCCCCCC. The molecule has 0 aromatic carbocycles. The maximum Gasteiger partial charge on any atom is 0.472 e. The first kappa shape index (κ1) is 79.1. The molecule has 0 aliphatic rings. The van der Waals surface area contributed by atoms with E-state index in [0.29, 0.717) is 25.7 Å². The predicted molar refractivity (Wildman–Crippen MR) is 322 cm³/mol. The minimum Gasteiger partial charge on any atom is -0.462 e. The third-order valence-electron chi connectivity index (χ3n) is 14.4. The number of phosphoric ester groups is 2. The van der Waals surface area contributed by atoms with E-state index in [1.54, 1.807) is 0 Å². The molecule has 0 aliphatic heterocycles. The molecule has 0 rings (SSSR count). The zero-order valence-electron chi connectivity index (χ0n) is 51.7. The summed E-state index contributed by atoms with van der Waals surface area (Å²) >= 11 is 0. The standard InChI is InChI=1S/C62H120O17P2/c1-5-9-13-17-20-23-25-26-27-28-29-30-32-34-37-41-45-49-62(67)79-58(53-73-60(65)47-43-39-36-33-31-24-21-18-14-10-6-2)55-77-81(70,71)75-51-56(63)50-74-80(68,69)76-54-57(52-72-59(64)46-42-38-16-12-8-4)78-61(66)48-44-40-35-22-19-15-11-7-3/h56-58,63H,5-55H2,1-4H3,(H,68,69)(H,70,71)/t56-,57+,58+/m0/s1. The summed E-state index contributed by atoms with van der Waals surface area (Å²) in [6, 6.07) is 0. The van der Waals surface area contributed by atoms with E-state index in [1.165, 1.54) is 135 Å². The van der Waals surface area contributed by atoms with Gasteiger partial charge in [0.1, 0.15) is 19.3 Å². The Morgan fingerprint density at radius 1 is 0.296 bits per heavy atom. The Morgan fingerprint density at radius 2 is 0.494 bits per heavy atom. The van der Waals surface area contributed by atoms with Crippen molar-refractivity contribution < 1.29 is 80.2 Å². The highest BCUT2D eigenvalue weighted by Crippen LogP contribution is 2.45. The highest BCUT2D eigenvalue weighted by Gasteiger charge is 2.30. The van der Waals surface area contributed by atoms with Gasteiger partial charge in [-0.15, -0.1) is 0 Å². The van der Waals surface area contributed by atoms with Gasteiger partial charge in [0.2, 0.25) is 0 Å². The van der Waals surface area contributed by atoms with Crippen molar-refractivity contribution in [3.63, 3.8) is 0 Å². The second kappa shape index (κ2) is 57.2. The molecule has 480 valence electrons. The highest BCUT2D eigenvalue weighted by atomic mass is 31.2. The number of esters is 4. The molecule has 0 heterocycles. The second-order valence-electron chi connectivity index (χ2n) is 22.4. The third kappa shape index (κ3) is 56.9. The summed E-state index contributed by atoms with van der Waals surface area (Å²) in [5.74, 6) is -2.15. The van der Waals surface area contributed by atoms with Crippen molar-refractivity contribution in [1.82, 2.24) is 0 Å². The molecule has 2 unspecified atom stereocenters. The molecule has 0 fully saturated rings. The topological polar surface area (TPSA) is 237 Å². The first-order valence-corrected chi connectivity index (χ1v) is 35.8. The molecule has 0 spiro atoms. The summed E-state index contributed by atoms with van der Waals surface area (Å²) in [4.78, 5) is 71.8. The summed E-state index contributed by atoms with van der Waals surface area (Å²) < 4.78 is 67.6. The molecule has 0 amide bonds. The number of unbranched alkanes of at least 4 members (excludes halogenated alkanes) is 37. The van der Waals surface area contributed by atoms with Gasteiger partial charge in [0.15, 0.2) is 12.2 Å². The first-order valence-electron chi connectivity index (χ1n) is 32.8. The molecule has 0 aliphatic carbocycles. The minimum absolute atomic E-state index is 0.104. The van der Waals surface area contributed by atoms with Crippen molar-refractivity contribution in [2.75, 3.05) is 39.6 Å². The van der Waals surface area contributed by atoms with Crippen LogP contribution < -0.4 is 0 Å². The van der Waals surface area contributed by atoms with Crippen LogP contribution in [-0.2, 0) is 65.4 Å². The number of carbonyl (C=O) groups excluding carboxylic acids is 4. The molecular weight excluding hydrogens is 1080 g/mol. The molecule has 0 aromatic rings. The van der Waals surface area contributed by atoms with E-state index in [1.807, 2.05) is 0 Å². The van der Waals surface area contributed by atoms with Crippen LogP contribution in [0.3, 0.4) is 0 Å². The van der Waals surface area contributed by atoms with Gasteiger partial charge in [-0.05, 0) is 25.7 Å². The maximum atomic E-state index is 13.0.